The van der Waals surface area contributed by atoms with Crippen LogP contribution in [0.3, 0.4) is 0 Å². The van der Waals surface area contributed by atoms with Crippen molar-refractivity contribution in [2.75, 3.05) is 20.3 Å². The van der Waals surface area contributed by atoms with Crippen LogP contribution in [0.4, 0.5) is 4.79 Å². The summed E-state index contributed by atoms with van der Waals surface area (Å²) in [7, 11) is 1.30. The van der Waals surface area contributed by atoms with Gasteiger partial charge in [-0.3, -0.25) is 4.90 Å². The van der Waals surface area contributed by atoms with Crippen molar-refractivity contribution < 1.29 is 28.5 Å². The molecule has 3 rings (SSSR count). The van der Waals surface area contributed by atoms with Gasteiger partial charge in [-0.05, 0) is 46.2 Å². The number of aromatic nitrogens is 1. The molecule has 2 aromatic rings. The van der Waals surface area contributed by atoms with Gasteiger partial charge in [-0.15, -0.1) is 6.58 Å². The van der Waals surface area contributed by atoms with Gasteiger partial charge in [-0.2, -0.15) is 0 Å². The lowest BCUT2D eigenvalue weighted by molar-refractivity contribution is -0.145. The molecule has 1 aliphatic rings. The molecule has 1 amide bonds. The first-order valence-electron chi connectivity index (χ1n) is 11.1. The fourth-order valence-corrected chi connectivity index (χ4v) is 3.85. The van der Waals surface area contributed by atoms with Crippen molar-refractivity contribution in [3.63, 3.8) is 0 Å². The third-order valence-electron chi connectivity index (χ3n) is 5.18. The van der Waals surface area contributed by atoms with Crippen molar-refractivity contribution in [1.82, 2.24) is 9.88 Å². The summed E-state index contributed by atoms with van der Waals surface area (Å²) in [4.78, 5) is 31.2. The van der Waals surface area contributed by atoms with E-state index in [4.69, 9.17) is 23.9 Å². The van der Waals surface area contributed by atoms with Crippen molar-refractivity contribution in [3.05, 3.63) is 42.5 Å². The van der Waals surface area contributed by atoms with Gasteiger partial charge in [-0.25, -0.2) is 14.6 Å². The van der Waals surface area contributed by atoms with Gasteiger partial charge >= 0.3 is 12.1 Å². The molecule has 2 heterocycles. The number of carbonyl (C=O) groups excluding carboxylic acids is 2. The fraction of sp³-hybridized carbons (Fsp3) is 0.480. The summed E-state index contributed by atoms with van der Waals surface area (Å²) in [5.74, 6) is 0.584. The number of para-hydroxylation sites is 1. The molecule has 0 spiro atoms. The topological polar surface area (TPSA) is 87.2 Å². The first-order valence-corrected chi connectivity index (χ1v) is 11.1. The summed E-state index contributed by atoms with van der Waals surface area (Å²) in [6, 6.07) is 6.87. The maximum absolute atomic E-state index is 12.8. The maximum atomic E-state index is 12.8. The Bertz CT molecular complexity index is 1030. The van der Waals surface area contributed by atoms with Gasteiger partial charge < -0.3 is 18.9 Å². The van der Waals surface area contributed by atoms with E-state index < -0.39 is 29.8 Å². The second kappa shape index (κ2) is 10.1. The van der Waals surface area contributed by atoms with Gasteiger partial charge in [0, 0.05) is 11.8 Å². The second-order valence-corrected chi connectivity index (χ2v) is 8.81. The highest BCUT2D eigenvalue weighted by Crippen LogP contribution is 2.37. The Morgan fingerprint density at radius 3 is 2.64 bits per heavy atom. The Morgan fingerprint density at radius 1 is 1.27 bits per heavy atom. The molecule has 1 saturated heterocycles. The van der Waals surface area contributed by atoms with Crippen molar-refractivity contribution in [2.24, 2.45) is 0 Å². The summed E-state index contributed by atoms with van der Waals surface area (Å²) in [5, 5.41) is 0.887. The van der Waals surface area contributed by atoms with Crippen LogP contribution in [0.15, 0.2) is 36.9 Å². The Labute approximate surface area is 194 Å². The first-order chi connectivity index (χ1) is 15.7. The largest absolute Gasteiger partial charge is 0.493 e. The SMILES string of the molecule is C=CCc1c(OC2CC(C(=O)OC)N(C(=O)OC(C)(C)C)C2)nc2ccccc2c1OCC. The van der Waals surface area contributed by atoms with Gasteiger partial charge in [0.2, 0.25) is 5.88 Å². The third-order valence-corrected chi connectivity index (χ3v) is 5.18. The minimum absolute atomic E-state index is 0.167. The molecule has 178 valence electrons. The van der Waals surface area contributed by atoms with Crippen LogP contribution in [0.2, 0.25) is 0 Å². The van der Waals surface area contributed by atoms with Gasteiger partial charge in [0.05, 0.1) is 31.3 Å². The molecule has 1 aromatic heterocycles. The van der Waals surface area contributed by atoms with Crippen LogP contribution in [0.25, 0.3) is 10.9 Å². The number of likely N-dealkylation sites (tertiary alicyclic amines) is 1. The van der Waals surface area contributed by atoms with Crippen LogP contribution in [0.1, 0.15) is 39.7 Å². The van der Waals surface area contributed by atoms with Crippen LogP contribution < -0.4 is 9.47 Å². The zero-order chi connectivity index (χ0) is 24.2. The number of hydrogen-bond acceptors (Lipinski definition) is 7. The Kier molecular flexibility index (Phi) is 7.46. The predicted molar refractivity (Wildman–Crippen MR) is 125 cm³/mol. The average molecular weight is 457 g/mol. The second-order valence-electron chi connectivity index (χ2n) is 8.81. The zero-order valence-electron chi connectivity index (χ0n) is 19.9. The van der Waals surface area contributed by atoms with E-state index in [1.165, 1.54) is 12.0 Å². The number of hydrogen-bond donors (Lipinski definition) is 0. The number of rotatable bonds is 7. The minimum atomic E-state index is -0.801. The van der Waals surface area contributed by atoms with Crippen LogP contribution in [0.5, 0.6) is 11.6 Å². The molecule has 33 heavy (non-hydrogen) atoms. The van der Waals surface area contributed by atoms with Gasteiger partial charge in [0.15, 0.2) is 0 Å². The van der Waals surface area contributed by atoms with E-state index in [0.29, 0.717) is 24.7 Å². The minimum Gasteiger partial charge on any atom is -0.493 e. The summed E-state index contributed by atoms with van der Waals surface area (Å²) in [5.41, 5.74) is 0.811. The van der Waals surface area contributed by atoms with Crippen molar-refractivity contribution in [1.29, 1.82) is 0 Å². The van der Waals surface area contributed by atoms with E-state index in [1.807, 2.05) is 31.2 Å². The van der Waals surface area contributed by atoms with Crippen LogP contribution in [0, 0.1) is 0 Å². The molecule has 0 saturated carbocycles. The number of pyridine rings is 1. The van der Waals surface area contributed by atoms with Gasteiger partial charge in [-0.1, -0.05) is 18.2 Å². The van der Waals surface area contributed by atoms with Crippen molar-refractivity contribution in [2.45, 2.75) is 58.3 Å². The summed E-state index contributed by atoms with van der Waals surface area (Å²) in [6.45, 7) is 11.8. The highest BCUT2D eigenvalue weighted by atomic mass is 16.6. The van der Waals surface area contributed by atoms with E-state index in [9.17, 15) is 9.59 Å². The van der Waals surface area contributed by atoms with Crippen molar-refractivity contribution in [3.8, 4) is 11.6 Å². The van der Waals surface area contributed by atoms with Crippen molar-refractivity contribution >= 4 is 23.0 Å². The summed E-state index contributed by atoms with van der Waals surface area (Å²) in [6.07, 6.45) is 1.45. The molecule has 1 aliphatic heterocycles. The lowest BCUT2D eigenvalue weighted by Crippen LogP contribution is -2.44. The summed E-state index contributed by atoms with van der Waals surface area (Å²) < 4.78 is 22.7. The summed E-state index contributed by atoms with van der Waals surface area (Å²) >= 11 is 0. The number of esters is 1. The van der Waals surface area contributed by atoms with E-state index in [-0.39, 0.29) is 13.0 Å². The Hall–Kier alpha value is -3.29. The van der Waals surface area contributed by atoms with Crippen LogP contribution in [-0.4, -0.2) is 60.0 Å². The number of fused-ring (bicyclic) bond motifs is 1. The molecular weight excluding hydrogens is 424 g/mol. The predicted octanol–water partition coefficient (Wildman–Crippen LogP) is 4.29. The smallest absolute Gasteiger partial charge is 0.411 e. The number of carbonyl (C=O) groups is 2. The fourth-order valence-electron chi connectivity index (χ4n) is 3.85. The standard InChI is InChI=1S/C25H32N2O6/c1-7-11-18-21(31-8-2)17-12-9-10-13-19(17)26-22(18)32-16-14-20(23(28)30-6)27(15-16)24(29)33-25(3,4)5/h7,9-10,12-13,16,20H,1,8,11,14-15H2,2-6H3. The lowest BCUT2D eigenvalue weighted by Gasteiger charge is -2.27. The maximum Gasteiger partial charge on any atom is 0.411 e. The van der Waals surface area contributed by atoms with E-state index in [0.717, 1.165) is 16.5 Å². The molecule has 0 aliphatic carbocycles. The number of nitrogens with zero attached hydrogens (tertiary/aromatic N) is 2. The van der Waals surface area contributed by atoms with Gasteiger partial charge in [0.1, 0.15) is 23.5 Å². The Morgan fingerprint density at radius 2 is 2.00 bits per heavy atom. The number of benzene rings is 1. The molecule has 8 nitrogen and oxygen atoms in total. The van der Waals surface area contributed by atoms with Crippen LogP contribution >= 0.6 is 0 Å². The van der Waals surface area contributed by atoms with E-state index in [2.05, 4.69) is 6.58 Å². The molecule has 1 fully saturated rings. The molecule has 8 heteroatoms. The number of allylic oxidation sites excluding steroid dienone is 1. The molecule has 1 aromatic carbocycles. The van der Waals surface area contributed by atoms with Crippen LogP contribution in [-0.2, 0) is 20.7 Å². The molecule has 0 N–H and O–H groups in total. The van der Waals surface area contributed by atoms with Gasteiger partial charge in [0.25, 0.3) is 0 Å². The number of amides is 1. The molecular formula is C25H32N2O6. The Balaban J connectivity index is 1.95. The monoisotopic (exact) mass is 456 g/mol. The molecule has 2 atom stereocenters. The number of methoxy groups -OCH3 is 1. The molecule has 0 radical (unpaired) electrons. The third kappa shape index (κ3) is 5.56. The molecule has 2 unspecified atom stereocenters. The average Bonchev–Trinajstić information content (AvgIpc) is 3.18. The first kappa shape index (κ1) is 24.4. The number of ether oxygens (including phenoxy) is 4. The highest BCUT2D eigenvalue weighted by Gasteiger charge is 2.43. The van der Waals surface area contributed by atoms with E-state index >= 15 is 0 Å². The lowest BCUT2D eigenvalue weighted by atomic mass is 10.1. The van der Waals surface area contributed by atoms with E-state index in [1.54, 1.807) is 26.8 Å². The quantitative estimate of drug-likeness (QED) is 0.454. The molecule has 0 bridgehead atoms. The highest BCUT2D eigenvalue weighted by molar-refractivity contribution is 5.87. The zero-order valence-corrected chi connectivity index (χ0v) is 19.9. The normalized spacial score (nSPS) is 18.2.